The quantitative estimate of drug-likeness (QED) is 0.701. The summed E-state index contributed by atoms with van der Waals surface area (Å²) in [4.78, 5) is 0. The second-order valence-electron chi connectivity index (χ2n) is 5.73. The second-order valence-corrected chi connectivity index (χ2v) is 5.73. The van der Waals surface area contributed by atoms with E-state index in [4.69, 9.17) is 0 Å². The lowest BCUT2D eigenvalue weighted by molar-refractivity contribution is 0.281. The van der Waals surface area contributed by atoms with Crippen LogP contribution in [0.3, 0.4) is 0 Å². The van der Waals surface area contributed by atoms with Crippen molar-refractivity contribution in [1.29, 1.82) is 0 Å². The zero-order valence-electron chi connectivity index (χ0n) is 10.3. The van der Waals surface area contributed by atoms with Gasteiger partial charge >= 0.3 is 0 Å². The van der Waals surface area contributed by atoms with Crippen molar-refractivity contribution >= 4 is 0 Å². The second kappa shape index (κ2) is 4.84. The van der Waals surface area contributed by atoms with Gasteiger partial charge in [0.2, 0.25) is 0 Å². The molecule has 88 valence electrons. The van der Waals surface area contributed by atoms with Gasteiger partial charge in [0.25, 0.3) is 0 Å². The highest BCUT2D eigenvalue weighted by Crippen LogP contribution is 2.36. The third-order valence-electron chi connectivity index (χ3n) is 4.48. The van der Waals surface area contributed by atoms with Crippen molar-refractivity contribution in [2.24, 2.45) is 17.3 Å². The summed E-state index contributed by atoms with van der Waals surface area (Å²) in [6, 6.07) is 0. The Morgan fingerprint density at radius 3 is 2.80 bits per heavy atom. The Hall–Kier alpha value is -0.0800. The van der Waals surface area contributed by atoms with Crippen LogP contribution in [0.2, 0.25) is 0 Å². The van der Waals surface area contributed by atoms with Crippen LogP contribution in [0.25, 0.3) is 0 Å². The minimum atomic E-state index is 0.559. The van der Waals surface area contributed by atoms with Gasteiger partial charge < -0.3 is 10.6 Å². The summed E-state index contributed by atoms with van der Waals surface area (Å²) in [6.45, 7) is 9.61. The molecule has 2 N–H and O–H groups in total. The lowest BCUT2D eigenvalue weighted by atomic mass is 9.84. The molecule has 1 saturated heterocycles. The van der Waals surface area contributed by atoms with E-state index in [1.165, 1.54) is 51.9 Å². The van der Waals surface area contributed by atoms with Crippen LogP contribution in [-0.2, 0) is 0 Å². The van der Waals surface area contributed by atoms with Gasteiger partial charge in [-0.15, -0.1) is 0 Å². The highest BCUT2D eigenvalue weighted by atomic mass is 15.0. The van der Waals surface area contributed by atoms with Crippen molar-refractivity contribution in [3.63, 3.8) is 0 Å². The number of rotatable bonds is 6. The summed E-state index contributed by atoms with van der Waals surface area (Å²) in [7, 11) is 0. The SMILES string of the molecule is CCC1(CNCC(C)C2CC2)CCNC1. The van der Waals surface area contributed by atoms with Gasteiger partial charge in [0.05, 0.1) is 0 Å². The Balaban J connectivity index is 1.66. The van der Waals surface area contributed by atoms with Gasteiger partial charge in [0, 0.05) is 13.1 Å². The molecule has 2 heteroatoms. The average molecular weight is 210 g/mol. The first-order valence-corrected chi connectivity index (χ1v) is 6.67. The van der Waals surface area contributed by atoms with Gasteiger partial charge in [-0.3, -0.25) is 0 Å². The standard InChI is InChI=1S/C13H26N2/c1-3-13(6-7-14-9-13)10-15-8-11(2)12-4-5-12/h11-12,14-15H,3-10H2,1-2H3. The molecule has 0 radical (unpaired) electrons. The number of hydrogen-bond acceptors (Lipinski definition) is 2. The van der Waals surface area contributed by atoms with E-state index < -0.39 is 0 Å². The minimum Gasteiger partial charge on any atom is -0.316 e. The molecule has 1 aliphatic heterocycles. The van der Waals surface area contributed by atoms with E-state index in [2.05, 4.69) is 24.5 Å². The molecule has 0 bridgehead atoms. The normalized spacial score (nSPS) is 33.2. The van der Waals surface area contributed by atoms with Crippen LogP contribution in [0.4, 0.5) is 0 Å². The summed E-state index contributed by atoms with van der Waals surface area (Å²) in [6.07, 6.45) is 5.62. The Labute approximate surface area is 94.2 Å². The molecule has 0 spiro atoms. The summed E-state index contributed by atoms with van der Waals surface area (Å²) < 4.78 is 0. The van der Waals surface area contributed by atoms with E-state index in [9.17, 15) is 0 Å². The molecule has 2 aliphatic rings. The van der Waals surface area contributed by atoms with E-state index in [0.717, 1.165) is 11.8 Å². The first-order chi connectivity index (χ1) is 7.26. The highest BCUT2D eigenvalue weighted by molar-refractivity contribution is 4.89. The molecule has 2 unspecified atom stereocenters. The summed E-state index contributed by atoms with van der Waals surface area (Å²) >= 11 is 0. The molecule has 0 aromatic rings. The van der Waals surface area contributed by atoms with Crippen molar-refractivity contribution in [3.05, 3.63) is 0 Å². The molecule has 0 aromatic heterocycles. The first kappa shape index (κ1) is 11.4. The molecule has 2 atom stereocenters. The van der Waals surface area contributed by atoms with Gasteiger partial charge in [-0.2, -0.15) is 0 Å². The molecule has 15 heavy (non-hydrogen) atoms. The monoisotopic (exact) mass is 210 g/mol. The predicted octanol–water partition coefficient (Wildman–Crippen LogP) is 2.01. The minimum absolute atomic E-state index is 0.559. The van der Waals surface area contributed by atoms with E-state index >= 15 is 0 Å². The zero-order chi connectivity index (χ0) is 10.7. The number of nitrogens with one attached hydrogen (secondary N) is 2. The Morgan fingerprint density at radius 1 is 1.47 bits per heavy atom. The van der Waals surface area contributed by atoms with Crippen LogP contribution in [0.5, 0.6) is 0 Å². The summed E-state index contributed by atoms with van der Waals surface area (Å²) in [5.74, 6) is 1.94. The van der Waals surface area contributed by atoms with Crippen LogP contribution < -0.4 is 10.6 Å². The predicted molar refractivity (Wildman–Crippen MR) is 65.0 cm³/mol. The van der Waals surface area contributed by atoms with Crippen molar-refractivity contribution in [2.75, 3.05) is 26.2 Å². The fourth-order valence-electron chi connectivity index (χ4n) is 2.77. The van der Waals surface area contributed by atoms with Crippen molar-refractivity contribution in [3.8, 4) is 0 Å². The van der Waals surface area contributed by atoms with Crippen LogP contribution in [0, 0.1) is 17.3 Å². The summed E-state index contributed by atoms with van der Waals surface area (Å²) in [5, 5.41) is 7.20. The molecular formula is C13H26N2. The maximum absolute atomic E-state index is 3.70. The Morgan fingerprint density at radius 2 is 2.27 bits per heavy atom. The van der Waals surface area contributed by atoms with Gasteiger partial charge in [0.15, 0.2) is 0 Å². The lowest BCUT2D eigenvalue weighted by Crippen LogP contribution is -2.37. The molecule has 0 aromatic carbocycles. The van der Waals surface area contributed by atoms with Crippen LogP contribution in [-0.4, -0.2) is 26.2 Å². The maximum atomic E-state index is 3.70. The van der Waals surface area contributed by atoms with Crippen LogP contribution >= 0.6 is 0 Å². The molecule has 0 amide bonds. The fraction of sp³-hybridized carbons (Fsp3) is 1.00. The van der Waals surface area contributed by atoms with Crippen molar-refractivity contribution in [2.45, 2.75) is 39.5 Å². The van der Waals surface area contributed by atoms with Gasteiger partial charge in [-0.05, 0) is 56.0 Å². The first-order valence-electron chi connectivity index (χ1n) is 6.67. The molecule has 2 nitrogen and oxygen atoms in total. The van der Waals surface area contributed by atoms with Crippen molar-refractivity contribution < 1.29 is 0 Å². The molecule has 2 rings (SSSR count). The lowest BCUT2D eigenvalue weighted by Gasteiger charge is -2.27. The van der Waals surface area contributed by atoms with Crippen molar-refractivity contribution in [1.82, 2.24) is 10.6 Å². The van der Waals surface area contributed by atoms with E-state index in [1.54, 1.807) is 0 Å². The third kappa shape index (κ3) is 2.94. The molecule has 1 heterocycles. The van der Waals surface area contributed by atoms with Gasteiger partial charge in [0.1, 0.15) is 0 Å². The van der Waals surface area contributed by atoms with E-state index in [1.807, 2.05) is 0 Å². The average Bonchev–Trinajstić information content (AvgIpc) is 3.00. The zero-order valence-corrected chi connectivity index (χ0v) is 10.3. The summed E-state index contributed by atoms with van der Waals surface area (Å²) in [5.41, 5.74) is 0.559. The molecule has 1 saturated carbocycles. The van der Waals surface area contributed by atoms with Crippen LogP contribution in [0.1, 0.15) is 39.5 Å². The van der Waals surface area contributed by atoms with Gasteiger partial charge in [-0.25, -0.2) is 0 Å². The maximum Gasteiger partial charge on any atom is 0.00205 e. The highest BCUT2D eigenvalue weighted by Gasteiger charge is 2.32. The largest absolute Gasteiger partial charge is 0.316 e. The number of hydrogen-bond donors (Lipinski definition) is 2. The third-order valence-corrected chi connectivity index (χ3v) is 4.48. The fourth-order valence-corrected chi connectivity index (χ4v) is 2.77. The molecular weight excluding hydrogens is 184 g/mol. The van der Waals surface area contributed by atoms with Crippen LogP contribution in [0.15, 0.2) is 0 Å². The Kier molecular flexibility index (Phi) is 3.68. The molecule has 2 fully saturated rings. The Bertz CT molecular complexity index is 193. The van der Waals surface area contributed by atoms with Gasteiger partial charge in [-0.1, -0.05) is 13.8 Å². The smallest absolute Gasteiger partial charge is 0.00205 e. The topological polar surface area (TPSA) is 24.1 Å². The van der Waals surface area contributed by atoms with E-state index in [0.29, 0.717) is 5.41 Å². The van der Waals surface area contributed by atoms with E-state index in [-0.39, 0.29) is 0 Å². The molecule has 1 aliphatic carbocycles.